The van der Waals surface area contributed by atoms with Gasteiger partial charge >= 0.3 is 22.4 Å². The maximum atomic E-state index is 14.6. The van der Waals surface area contributed by atoms with Crippen molar-refractivity contribution in [3.05, 3.63) is 75.9 Å². The van der Waals surface area contributed by atoms with Gasteiger partial charge in [0.1, 0.15) is 22.3 Å². The molecule has 3 aromatic rings. The first kappa shape index (κ1) is 34.5. The van der Waals surface area contributed by atoms with Crippen LogP contribution >= 0.6 is 23.2 Å². The van der Waals surface area contributed by atoms with E-state index in [0.29, 0.717) is 12.3 Å². The zero-order valence-electron chi connectivity index (χ0n) is 21.6. The van der Waals surface area contributed by atoms with Crippen LogP contribution < -0.4 is 18.9 Å². The second-order valence-electron chi connectivity index (χ2n) is 8.41. The molecule has 0 bridgehead atoms. The number of halogens is 6. The lowest BCUT2D eigenvalue weighted by Gasteiger charge is -2.13. The minimum atomic E-state index is -5.08. The van der Waals surface area contributed by atoms with Crippen LogP contribution in [0.15, 0.2) is 48.8 Å². The molecule has 11 nitrogen and oxygen atoms in total. The van der Waals surface area contributed by atoms with E-state index in [9.17, 15) is 30.8 Å². The molecule has 18 heteroatoms. The summed E-state index contributed by atoms with van der Waals surface area (Å²) in [5.74, 6) is -4.54. The first-order valence-corrected chi connectivity index (χ1v) is 13.7. The maximum absolute atomic E-state index is 14.6. The molecule has 0 saturated heterocycles. The summed E-state index contributed by atoms with van der Waals surface area (Å²) >= 11 is 12.3. The fourth-order valence-corrected chi connectivity index (χ4v) is 3.79. The molecule has 0 fully saturated rings. The Balaban J connectivity index is 0.000000782. The number of aliphatic carboxylic acids is 1. The monoisotopic (exact) mass is 656 g/mol. The molecule has 0 atom stereocenters. The van der Waals surface area contributed by atoms with Crippen molar-refractivity contribution in [2.75, 3.05) is 6.61 Å². The number of pyridine rings is 2. The fraction of sp³-hybridized carbons (Fsp3) is 0.250. The van der Waals surface area contributed by atoms with Gasteiger partial charge in [0.15, 0.2) is 0 Å². The standard InChI is InChI=1S/C22H21Cl2FN4O5S.C2HF3O2/c1-13(2)12-33-22-18(24)7-15(11-27-22)34-20-9-19(25)16(8-17(20)23)21(30)29-35(31,32)28-10-14-5-3-4-6-26-14;3-2(4,5)1(6)7/h3-9,11,13,28H,10,12H2,1-2H3,(H,29,30);(H,6,7). The molecule has 0 saturated carbocycles. The van der Waals surface area contributed by atoms with E-state index in [2.05, 4.69) is 14.7 Å². The van der Waals surface area contributed by atoms with E-state index >= 15 is 0 Å². The lowest BCUT2D eigenvalue weighted by molar-refractivity contribution is -0.192. The van der Waals surface area contributed by atoms with Crippen molar-refractivity contribution in [2.45, 2.75) is 26.6 Å². The van der Waals surface area contributed by atoms with E-state index in [1.165, 1.54) is 18.5 Å². The van der Waals surface area contributed by atoms with Crippen molar-refractivity contribution in [3.8, 4) is 17.4 Å². The van der Waals surface area contributed by atoms with Crippen molar-refractivity contribution in [1.82, 2.24) is 19.4 Å². The van der Waals surface area contributed by atoms with E-state index in [1.54, 1.807) is 22.9 Å². The molecular weight excluding hydrogens is 635 g/mol. The molecule has 1 aromatic carbocycles. The Morgan fingerprint density at radius 3 is 2.31 bits per heavy atom. The van der Waals surface area contributed by atoms with Crippen LogP contribution in [0.1, 0.15) is 29.9 Å². The molecule has 3 rings (SSSR count). The molecule has 2 aromatic heterocycles. The number of carboxylic acid groups (broad SMARTS) is 1. The van der Waals surface area contributed by atoms with Crippen molar-refractivity contribution in [1.29, 1.82) is 0 Å². The Morgan fingerprint density at radius 1 is 1.10 bits per heavy atom. The van der Waals surface area contributed by atoms with Gasteiger partial charge in [-0.3, -0.25) is 9.78 Å². The Labute approximate surface area is 247 Å². The zero-order chi connectivity index (χ0) is 31.7. The molecule has 1 amide bonds. The number of carboxylic acids is 1. The number of carbonyl (C=O) groups excluding carboxylic acids is 1. The van der Waals surface area contributed by atoms with Crippen molar-refractivity contribution in [2.24, 2.45) is 5.92 Å². The van der Waals surface area contributed by atoms with Gasteiger partial charge in [-0.15, -0.1) is 0 Å². The summed E-state index contributed by atoms with van der Waals surface area (Å²) in [6.45, 7) is 4.19. The van der Waals surface area contributed by atoms with Crippen LogP contribution in [-0.2, 0) is 21.5 Å². The summed E-state index contributed by atoms with van der Waals surface area (Å²) in [6, 6.07) is 8.15. The topological polar surface area (TPSA) is 157 Å². The van der Waals surface area contributed by atoms with Crippen LogP contribution in [0.4, 0.5) is 17.6 Å². The van der Waals surface area contributed by atoms with Crippen LogP contribution in [-0.4, -0.2) is 48.2 Å². The van der Waals surface area contributed by atoms with Gasteiger partial charge in [0.2, 0.25) is 5.88 Å². The highest BCUT2D eigenvalue weighted by molar-refractivity contribution is 7.88. The van der Waals surface area contributed by atoms with Crippen LogP contribution in [0, 0.1) is 11.7 Å². The van der Waals surface area contributed by atoms with Gasteiger partial charge in [-0.2, -0.15) is 26.3 Å². The van der Waals surface area contributed by atoms with Gasteiger partial charge in [-0.25, -0.2) is 18.9 Å². The molecular formula is C24H22Cl2F4N4O7S. The van der Waals surface area contributed by atoms with Gasteiger partial charge < -0.3 is 14.6 Å². The summed E-state index contributed by atoms with van der Waals surface area (Å²) in [7, 11) is -4.30. The van der Waals surface area contributed by atoms with Gasteiger partial charge in [0.25, 0.3) is 5.91 Å². The molecule has 0 aliphatic heterocycles. The number of ether oxygens (including phenoxy) is 2. The highest BCUT2D eigenvalue weighted by Gasteiger charge is 2.38. The van der Waals surface area contributed by atoms with Gasteiger partial charge in [-0.05, 0) is 24.1 Å². The quantitative estimate of drug-likeness (QED) is 0.251. The molecule has 0 aliphatic rings. The molecule has 0 unspecified atom stereocenters. The smallest absolute Gasteiger partial charge is 0.476 e. The van der Waals surface area contributed by atoms with Crippen molar-refractivity contribution < 1.29 is 50.1 Å². The van der Waals surface area contributed by atoms with Crippen LogP contribution in [0.2, 0.25) is 10.0 Å². The van der Waals surface area contributed by atoms with Crippen LogP contribution in [0.25, 0.3) is 0 Å². The second kappa shape index (κ2) is 14.9. The van der Waals surface area contributed by atoms with E-state index in [4.69, 9.17) is 42.6 Å². The molecule has 3 N–H and O–H groups in total. The maximum Gasteiger partial charge on any atom is 0.490 e. The number of rotatable bonds is 10. The number of amides is 1. The second-order valence-corrected chi connectivity index (χ2v) is 10.7. The number of hydrogen-bond donors (Lipinski definition) is 3. The molecule has 0 radical (unpaired) electrons. The number of nitrogens with zero attached hydrogens (tertiary/aromatic N) is 2. The first-order chi connectivity index (χ1) is 19.5. The fourth-order valence-electron chi connectivity index (χ4n) is 2.61. The third-order valence-corrected chi connectivity index (χ3v) is 6.01. The van der Waals surface area contributed by atoms with Gasteiger partial charge in [0.05, 0.1) is 35.6 Å². The lowest BCUT2D eigenvalue weighted by Crippen LogP contribution is -2.40. The summed E-state index contributed by atoms with van der Waals surface area (Å²) < 4.78 is 85.6. The van der Waals surface area contributed by atoms with Crippen molar-refractivity contribution in [3.63, 3.8) is 0 Å². The third kappa shape index (κ3) is 11.3. The Morgan fingerprint density at radius 2 is 1.76 bits per heavy atom. The molecule has 228 valence electrons. The minimum absolute atomic E-state index is 0.134. The largest absolute Gasteiger partial charge is 0.490 e. The number of alkyl halides is 3. The average Bonchev–Trinajstić information content (AvgIpc) is 2.89. The Bertz CT molecular complexity index is 1510. The minimum Gasteiger partial charge on any atom is -0.476 e. The average molecular weight is 657 g/mol. The molecule has 42 heavy (non-hydrogen) atoms. The molecule has 2 heterocycles. The normalized spacial score (nSPS) is 11.4. The SMILES string of the molecule is CC(C)COc1ncc(Oc2cc(F)c(C(=O)NS(=O)(=O)NCc3ccccn3)cc2Cl)cc1Cl.O=C(O)C(F)(F)F. The first-order valence-electron chi connectivity index (χ1n) is 11.5. The van der Waals surface area contributed by atoms with Crippen LogP contribution in [0.3, 0.4) is 0 Å². The number of hydrogen-bond acceptors (Lipinski definition) is 8. The third-order valence-electron chi connectivity index (χ3n) is 4.47. The lowest BCUT2D eigenvalue weighted by atomic mass is 10.2. The van der Waals surface area contributed by atoms with Gasteiger partial charge in [-0.1, -0.05) is 43.1 Å². The number of carbonyl (C=O) groups is 2. The molecule has 0 aliphatic carbocycles. The number of nitrogens with one attached hydrogen (secondary N) is 2. The summed E-state index contributed by atoms with van der Waals surface area (Å²) in [4.78, 5) is 29.3. The predicted octanol–water partition coefficient (Wildman–Crippen LogP) is 5.15. The Kier molecular flexibility index (Phi) is 12.3. The molecule has 0 spiro atoms. The number of benzene rings is 1. The van der Waals surface area contributed by atoms with E-state index in [-0.39, 0.29) is 39.9 Å². The summed E-state index contributed by atoms with van der Waals surface area (Å²) in [5, 5.41) is 7.16. The van der Waals surface area contributed by atoms with Crippen molar-refractivity contribution >= 4 is 45.3 Å². The van der Waals surface area contributed by atoms with E-state index < -0.39 is 39.6 Å². The predicted molar refractivity (Wildman–Crippen MR) is 142 cm³/mol. The highest BCUT2D eigenvalue weighted by Crippen LogP contribution is 2.34. The highest BCUT2D eigenvalue weighted by atomic mass is 35.5. The zero-order valence-corrected chi connectivity index (χ0v) is 23.9. The van der Waals surface area contributed by atoms with E-state index in [1.807, 2.05) is 13.8 Å². The van der Waals surface area contributed by atoms with E-state index in [0.717, 1.165) is 12.1 Å². The Hall–Kier alpha value is -3.73. The van der Waals surface area contributed by atoms with Gasteiger partial charge in [0, 0.05) is 18.3 Å². The number of aromatic nitrogens is 2. The summed E-state index contributed by atoms with van der Waals surface area (Å²) in [6.07, 6.45) is -2.28. The van der Waals surface area contributed by atoms with Crippen LogP contribution in [0.5, 0.6) is 17.4 Å². The summed E-state index contributed by atoms with van der Waals surface area (Å²) in [5.41, 5.74) is -0.172.